The molecule has 122 valence electrons. The summed E-state index contributed by atoms with van der Waals surface area (Å²) in [6, 6.07) is 15.5. The zero-order valence-electron chi connectivity index (χ0n) is 13.4. The van der Waals surface area contributed by atoms with Crippen molar-refractivity contribution < 1.29 is 9.90 Å². The number of nitrogens with one attached hydrogen (secondary N) is 2. The average molecular weight is 322 g/mol. The second-order valence-electron chi connectivity index (χ2n) is 5.26. The topological polar surface area (TPSA) is 88.4 Å². The smallest absolute Gasteiger partial charge is 0.267 e. The van der Waals surface area contributed by atoms with Gasteiger partial charge in [0.2, 0.25) is 0 Å². The fourth-order valence-electron chi connectivity index (χ4n) is 1.94. The fraction of sp³-hybridized carbons (Fsp3) is 0.111. The highest BCUT2D eigenvalue weighted by Crippen LogP contribution is 2.17. The molecule has 2 rings (SSSR count). The molecule has 0 radical (unpaired) electrons. The lowest BCUT2D eigenvalue weighted by Gasteiger charge is -2.12. The van der Waals surface area contributed by atoms with Gasteiger partial charge in [-0.1, -0.05) is 6.07 Å². The number of aromatic hydroxyl groups is 1. The van der Waals surface area contributed by atoms with E-state index < -0.39 is 5.91 Å². The Morgan fingerprint density at radius 3 is 2.46 bits per heavy atom. The van der Waals surface area contributed by atoms with Crippen LogP contribution in [0.3, 0.4) is 0 Å². The number of phenols is 1. The molecule has 0 atom stereocenters. The molecule has 0 heterocycles. The number of rotatable bonds is 5. The number of amides is 1. The number of hydrogen-bond acceptors (Lipinski definition) is 5. The molecule has 6 nitrogen and oxygen atoms in total. The van der Waals surface area contributed by atoms with Gasteiger partial charge in [0.1, 0.15) is 17.4 Å². The fourth-order valence-corrected chi connectivity index (χ4v) is 1.94. The molecule has 0 saturated carbocycles. The molecule has 0 unspecified atom stereocenters. The van der Waals surface area contributed by atoms with Crippen molar-refractivity contribution in [2.75, 3.05) is 29.6 Å². The van der Waals surface area contributed by atoms with Crippen LogP contribution in [0.2, 0.25) is 0 Å². The Hall–Kier alpha value is -3.46. The van der Waals surface area contributed by atoms with Crippen molar-refractivity contribution in [3.8, 4) is 11.8 Å². The highest BCUT2D eigenvalue weighted by Gasteiger charge is 2.09. The number of carbonyl (C=O) groups is 1. The van der Waals surface area contributed by atoms with Gasteiger partial charge in [-0.25, -0.2) is 0 Å². The predicted molar refractivity (Wildman–Crippen MR) is 94.8 cm³/mol. The van der Waals surface area contributed by atoms with E-state index in [9.17, 15) is 9.90 Å². The van der Waals surface area contributed by atoms with E-state index in [1.807, 2.05) is 49.3 Å². The molecule has 2 aromatic carbocycles. The van der Waals surface area contributed by atoms with Crippen LogP contribution in [0.25, 0.3) is 0 Å². The zero-order valence-corrected chi connectivity index (χ0v) is 13.4. The van der Waals surface area contributed by atoms with Gasteiger partial charge in [0.15, 0.2) is 0 Å². The molecule has 1 amide bonds. The lowest BCUT2D eigenvalue weighted by molar-refractivity contribution is -0.112. The van der Waals surface area contributed by atoms with E-state index in [1.54, 1.807) is 12.1 Å². The Morgan fingerprint density at radius 1 is 1.17 bits per heavy atom. The summed E-state index contributed by atoms with van der Waals surface area (Å²) >= 11 is 0. The molecule has 0 aliphatic carbocycles. The summed E-state index contributed by atoms with van der Waals surface area (Å²) in [5.74, 6) is -0.519. The summed E-state index contributed by atoms with van der Waals surface area (Å²) in [4.78, 5) is 14.1. The van der Waals surface area contributed by atoms with Gasteiger partial charge in [0, 0.05) is 43.4 Å². The molecule has 3 N–H and O–H groups in total. The third-order valence-corrected chi connectivity index (χ3v) is 3.24. The van der Waals surface area contributed by atoms with Crippen LogP contribution >= 0.6 is 0 Å². The second kappa shape index (κ2) is 7.70. The number of phenolic OH excluding ortho intramolecular Hbond substituents is 1. The van der Waals surface area contributed by atoms with Crippen LogP contribution in [-0.4, -0.2) is 25.1 Å². The van der Waals surface area contributed by atoms with Crippen molar-refractivity contribution in [3.05, 3.63) is 60.3 Å². The molecule has 0 bridgehead atoms. The van der Waals surface area contributed by atoms with Crippen molar-refractivity contribution in [2.45, 2.75) is 0 Å². The largest absolute Gasteiger partial charge is 0.508 e. The Bertz CT molecular complexity index is 789. The van der Waals surface area contributed by atoms with Crippen LogP contribution < -0.4 is 15.5 Å². The number of benzene rings is 2. The number of nitriles is 1. The third kappa shape index (κ3) is 4.52. The van der Waals surface area contributed by atoms with E-state index in [1.165, 1.54) is 18.3 Å². The first kappa shape index (κ1) is 16.9. The standard InChI is InChI=1S/C18H18N4O2/c1-22(2)16-8-6-14(7-9-16)20-12-13(11-19)18(24)21-15-4-3-5-17(23)10-15/h3-10,12,20,23H,1-2H3,(H,21,24)/b13-12-. The molecule has 24 heavy (non-hydrogen) atoms. The van der Waals surface area contributed by atoms with Gasteiger partial charge in [0.25, 0.3) is 5.91 Å². The summed E-state index contributed by atoms with van der Waals surface area (Å²) in [6.07, 6.45) is 1.35. The van der Waals surface area contributed by atoms with E-state index >= 15 is 0 Å². The quantitative estimate of drug-likeness (QED) is 0.582. The summed E-state index contributed by atoms with van der Waals surface area (Å²) in [6.45, 7) is 0. The van der Waals surface area contributed by atoms with Crippen LogP contribution in [0, 0.1) is 11.3 Å². The number of nitrogens with zero attached hydrogens (tertiary/aromatic N) is 2. The molecule has 0 aromatic heterocycles. The van der Waals surface area contributed by atoms with Gasteiger partial charge in [0.05, 0.1) is 0 Å². The van der Waals surface area contributed by atoms with Gasteiger partial charge < -0.3 is 20.6 Å². The molecular weight excluding hydrogens is 304 g/mol. The van der Waals surface area contributed by atoms with Crippen molar-refractivity contribution in [1.82, 2.24) is 0 Å². The van der Waals surface area contributed by atoms with Crippen molar-refractivity contribution >= 4 is 23.0 Å². The normalized spacial score (nSPS) is 10.6. The van der Waals surface area contributed by atoms with E-state index in [0.717, 1.165) is 11.4 Å². The van der Waals surface area contributed by atoms with Crippen LogP contribution in [0.15, 0.2) is 60.3 Å². The first-order valence-electron chi connectivity index (χ1n) is 7.24. The maximum Gasteiger partial charge on any atom is 0.267 e. The summed E-state index contributed by atoms with van der Waals surface area (Å²) in [5, 5.41) is 24.0. The maximum absolute atomic E-state index is 12.1. The van der Waals surface area contributed by atoms with Crippen LogP contribution in [-0.2, 0) is 4.79 Å². The number of carbonyl (C=O) groups excluding carboxylic acids is 1. The zero-order chi connectivity index (χ0) is 17.5. The Kier molecular flexibility index (Phi) is 5.42. The first-order chi connectivity index (χ1) is 11.5. The summed E-state index contributed by atoms with van der Waals surface area (Å²) in [7, 11) is 3.89. The second-order valence-corrected chi connectivity index (χ2v) is 5.26. The van der Waals surface area contributed by atoms with Gasteiger partial charge >= 0.3 is 0 Å². The minimum atomic E-state index is -0.555. The summed E-state index contributed by atoms with van der Waals surface area (Å²) < 4.78 is 0. The van der Waals surface area contributed by atoms with E-state index in [2.05, 4.69) is 10.6 Å². The molecule has 0 aliphatic heterocycles. The molecule has 0 aliphatic rings. The molecule has 0 spiro atoms. The monoisotopic (exact) mass is 322 g/mol. The minimum absolute atomic E-state index is 0.0365. The van der Waals surface area contributed by atoms with E-state index in [0.29, 0.717) is 5.69 Å². The Labute approximate surface area is 140 Å². The van der Waals surface area contributed by atoms with E-state index in [4.69, 9.17) is 5.26 Å². The highest BCUT2D eigenvalue weighted by molar-refractivity contribution is 6.06. The average Bonchev–Trinajstić information content (AvgIpc) is 2.56. The first-order valence-corrected chi connectivity index (χ1v) is 7.24. The molecule has 2 aromatic rings. The van der Waals surface area contributed by atoms with Crippen LogP contribution in [0.5, 0.6) is 5.75 Å². The molecular formula is C18H18N4O2. The highest BCUT2D eigenvalue weighted by atomic mass is 16.3. The number of hydrogen-bond donors (Lipinski definition) is 3. The Morgan fingerprint density at radius 2 is 1.88 bits per heavy atom. The van der Waals surface area contributed by atoms with Gasteiger partial charge in [-0.2, -0.15) is 5.26 Å². The lowest BCUT2D eigenvalue weighted by Crippen LogP contribution is -2.14. The molecule has 6 heteroatoms. The predicted octanol–water partition coefficient (Wildman–Crippen LogP) is 2.92. The van der Waals surface area contributed by atoms with Gasteiger partial charge in [-0.05, 0) is 36.4 Å². The van der Waals surface area contributed by atoms with Gasteiger partial charge in [-0.3, -0.25) is 4.79 Å². The summed E-state index contributed by atoms with van der Waals surface area (Å²) in [5.41, 5.74) is 2.15. The lowest BCUT2D eigenvalue weighted by atomic mass is 10.2. The van der Waals surface area contributed by atoms with Crippen molar-refractivity contribution in [3.63, 3.8) is 0 Å². The molecule has 0 fully saturated rings. The van der Waals surface area contributed by atoms with Crippen molar-refractivity contribution in [1.29, 1.82) is 5.26 Å². The minimum Gasteiger partial charge on any atom is -0.508 e. The van der Waals surface area contributed by atoms with Crippen molar-refractivity contribution in [2.24, 2.45) is 0 Å². The van der Waals surface area contributed by atoms with E-state index in [-0.39, 0.29) is 11.3 Å². The SMILES string of the molecule is CN(C)c1ccc(N/C=C(/C#N)C(=O)Nc2cccc(O)c2)cc1. The maximum atomic E-state index is 12.1. The van der Waals surface area contributed by atoms with Crippen LogP contribution in [0.1, 0.15) is 0 Å². The molecule has 0 saturated heterocycles. The Balaban J connectivity index is 2.05. The third-order valence-electron chi connectivity index (χ3n) is 3.24. The van der Waals surface area contributed by atoms with Crippen LogP contribution in [0.4, 0.5) is 17.1 Å². The number of anilines is 3. The van der Waals surface area contributed by atoms with Gasteiger partial charge in [-0.15, -0.1) is 0 Å².